The van der Waals surface area contributed by atoms with Gasteiger partial charge in [-0.2, -0.15) is 0 Å². The number of aromatic carboxylic acids is 1. The molecule has 0 fully saturated rings. The second kappa shape index (κ2) is 6.30. The molecule has 6 nitrogen and oxygen atoms in total. The number of hydrogen-bond donors (Lipinski definition) is 2. The van der Waals surface area contributed by atoms with E-state index in [2.05, 4.69) is 20.3 Å². The zero-order valence-corrected chi connectivity index (χ0v) is 12.3. The van der Waals surface area contributed by atoms with E-state index in [1.165, 1.54) is 6.20 Å². The summed E-state index contributed by atoms with van der Waals surface area (Å²) >= 11 is 0. The number of nitrogens with zero attached hydrogens (tertiary/aromatic N) is 3. The highest BCUT2D eigenvalue weighted by molar-refractivity contribution is 5.91. The minimum Gasteiger partial charge on any atom is -0.476 e. The third-order valence-electron chi connectivity index (χ3n) is 3.13. The molecule has 0 saturated heterocycles. The van der Waals surface area contributed by atoms with Crippen molar-refractivity contribution in [1.82, 2.24) is 15.0 Å². The molecule has 0 unspecified atom stereocenters. The van der Waals surface area contributed by atoms with Gasteiger partial charge < -0.3 is 10.4 Å². The van der Waals surface area contributed by atoms with Crippen LogP contribution in [0.5, 0.6) is 0 Å². The fraction of sp³-hybridized carbons (Fsp3) is 0.333. The van der Waals surface area contributed by atoms with Gasteiger partial charge in [-0.1, -0.05) is 13.8 Å². The lowest BCUT2D eigenvalue weighted by molar-refractivity contribution is 0.0691. The molecule has 0 aliphatic rings. The first-order valence-corrected chi connectivity index (χ1v) is 6.72. The van der Waals surface area contributed by atoms with Crippen LogP contribution in [0.1, 0.15) is 47.2 Å². The molecule has 2 heterocycles. The highest BCUT2D eigenvalue weighted by Crippen LogP contribution is 2.17. The van der Waals surface area contributed by atoms with Crippen molar-refractivity contribution in [3.8, 4) is 0 Å². The lowest BCUT2D eigenvalue weighted by Crippen LogP contribution is -2.12. The molecule has 0 amide bonds. The summed E-state index contributed by atoms with van der Waals surface area (Å²) in [7, 11) is 0. The molecule has 0 aliphatic heterocycles. The van der Waals surface area contributed by atoms with E-state index in [0.717, 1.165) is 11.1 Å². The number of carboxylic acids is 1. The van der Waals surface area contributed by atoms with Gasteiger partial charge in [-0.25, -0.2) is 14.8 Å². The number of hydrogen-bond acceptors (Lipinski definition) is 5. The summed E-state index contributed by atoms with van der Waals surface area (Å²) in [4.78, 5) is 23.7. The average molecular weight is 286 g/mol. The van der Waals surface area contributed by atoms with Crippen LogP contribution >= 0.6 is 0 Å². The Labute approximate surface area is 123 Å². The molecule has 0 spiro atoms. The van der Waals surface area contributed by atoms with Gasteiger partial charge >= 0.3 is 5.97 Å². The number of aryl methyl sites for hydroxylation is 1. The predicted molar refractivity (Wildman–Crippen MR) is 79.4 cm³/mol. The molecular formula is C15H18N4O2. The normalized spacial score (nSPS) is 10.7. The number of rotatable bonds is 5. The quantitative estimate of drug-likeness (QED) is 0.878. The number of anilines is 1. The number of pyridine rings is 1. The SMILES string of the molecule is Cc1cnccc1CNc1cnc(C(C)C)nc1C(=O)O. The number of carbonyl (C=O) groups is 1. The molecule has 2 aromatic rings. The Morgan fingerprint density at radius 2 is 2.14 bits per heavy atom. The van der Waals surface area contributed by atoms with Crippen molar-refractivity contribution in [3.63, 3.8) is 0 Å². The summed E-state index contributed by atoms with van der Waals surface area (Å²) in [5.41, 5.74) is 2.51. The van der Waals surface area contributed by atoms with Crippen molar-refractivity contribution < 1.29 is 9.90 Å². The molecule has 110 valence electrons. The summed E-state index contributed by atoms with van der Waals surface area (Å²) in [6.45, 7) is 6.31. The number of aromatic nitrogens is 3. The first-order valence-electron chi connectivity index (χ1n) is 6.72. The molecule has 2 rings (SSSR count). The van der Waals surface area contributed by atoms with Crippen LogP contribution in [0.3, 0.4) is 0 Å². The summed E-state index contributed by atoms with van der Waals surface area (Å²) in [6, 6.07) is 1.89. The molecule has 2 aromatic heterocycles. The lowest BCUT2D eigenvalue weighted by Gasteiger charge is -2.12. The molecular weight excluding hydrogens is 268 g/mol. The maximum Gasteiger partial charge on any atom is 0.356 e. The molecule has 0 saturated carbocycles. The van der Waals surface area contributed by atoms with Crippen molar-refractivity contribution in [2.45, 2.75) is 33.2 Å². The van der Waals surface area contributed by atoms with Crippen LogP contribution in [0.4, 0.5) is 5.69 Å². The highest BCUT2D eigenvalue weighted by atomic mass is 16.4. The van der Waals surface area contributed by atoms with Crippen LogP contribution in [0, 0.1) is 6.92 Å². The molecule has 21 heavy (non-hydrogen) atoms. The first-order chi connectivity index (χ1) is 9.99. The van der Waals surface area contributed by atoms with E-state index < -0.39 is 5.97 Å². The topological polar surface area (TPSA) is 88.0 Å². The smallest absolute Gasteiger partial charge is 0.356 e. The predicted octanol–water partition coefficient (Wildman–Crippen LogP) is 2.61. The van der Waals surface area contributed by atoms with Crippen LogP contribution < -0.4 is 5.32 Å². The van der Waals surface area contributed by atoms with Gasteiger partial charge in [0.15, 0.2) is 5.69 Å². The maximum atomic E-state index is 11.3. The molecule has 0 bridgehead atoms. The van der Waals surface area contributed by atoms with Gasteiger partial charge in [-0.15, -0.1) is 0 Å². The Bertz CT molecular complexity index is 656. The van der Waals surface area contributed by atoms with E-state index in [-0.39, 0.29) is 11.6 Å². The largest absolute Gasteiger partial charge is 0.476 e. The van der Waals surface area contributed by atoms with Crippen LogP contribution in [-0.2, 0) is 6.54 Å². The first kappa shape index (κ1) is 14.9. The Kier molecular flexibility index (Phi) is 4.47. The van der Waals surface area contributed by atoms with Gasteiger partial charge in [-0.05, 0) is 24.1 Å². The van der Waals surface area contributed by atoms with Gasteiger partial charge in [-0.3, -0.25) is 4.98 Å². The van der Waals surface area contributed by atoms with E-state index in [1.807, 2.05) is 26.8 Å². The van der Waals surface area contributed by atoms with Gasteiger partial charge in [0.1, 0.15) is 5.82 Å². The van der Waals surface area contributed by atoms with Crippen molar-refractivity contribution in [2.24, 2.45) is 0 Å². The van der Waals surface area contributed by atoms with Crippen molar-refractivity contribution >= 4 is 11.7 Å². The van der Waals surface area contributed by atoms with Crippen LogP contribution in [0.15, 0.2) is 24.7 Å². The van der Waals surface area contributed by atoms with Crippen LogP contribution in [-0.4, -0.2) is 26.0 Å². The number of carboxylic acid groups (broad SMARTS) is 1. The van der Waals surface area contributed by atoms with E-state index in [0.29, 0.717) is 18.1 Å². The molecule has 0 aliphatic carbocycles. The third kappa shape index (κ3) is 3.53. The summed E-state index contributed by atoms with van der Waals surface area (Å²) in [5, 5.41) is 12.4. The fourth-order valence-corrected chi connectivity index (χ4v) is 1.86. The third-order valence-corrected chi connectivity index (χ3v) is 3.13. The monoisotopic (exact) mass is 286 g/mol. The van der Waals surface area contributed by atoms with E-state index in [9.17, 15) is 9.90 Å². The summed E-state index contributed by atoms with van der Waals surface area (Å²) in [6.07, 6.45) is 5.01. The standard InChI is InChI=1S/C15H18N4O2/c1-9(2)14-18-8-12(13(19-14)15(20)21)17-7-11-4-5-16-6-10(11)3/h4-6,8-9,17H,7H2,1-3H3,(H,20,21). The average Bonchev–Trinajstić information content (AvgIpc) is 2.46. The Balaban J connectivity index is 2.24. The second-order valence-corrected chi connectivity index (χ2v) is 5.11. The van der Waals surface area contributed by atoms with Gasteiger partial charge in [0.25, 0.3) is 0 Å². The Hall–Kier alpha value is -2.50. The fourth-order valence-electron chi connectivity index (χ4n) is 1.86. The molecule has 0 aromatic carbocycles. The molecule has 0 radical (unpaired) electrons. The van der Waals surface area contributed by atoms with Crippen LogP contribution in [0.25, 0.3) is 0 Å². The lowest BCUT2D eigenvalue weighted by atomic mass is 10.1. The Morgan fingerprint density at radius 1 is 1.38 bits per heavy atom. The molecule has 2 N–H and O–H groups in total. The van der Waals surface area contributed by atoms with Crippen molar-refractivity contribution in [3.05, 3.63) is 47.3 Å². The van der Waals surface area contributed by atoms with Crippen molar-refractivity contribution in [2.75, 3.05) is 5.32 Å². The molecule has 6 heteroatoms. The summed E-state index contributed by atoms with van der Waals surface area (Å²) < 4.78 is 0. The van der Waals surface area contributed by atoms with E-state index in [1.54, 1.807) is 12.4 Å². The van der Waals surface area contributed by atoms with Gasteiger partial charge in [0.05, 0.1) is 11.9 Å². The van der Waals surface area contributed by atoms with Gasteiger partial charge in [0, 0.05) is 24.9 Å². The maximum absolute atomic E-state index is 11.3. The summed E-state index contributed by atoms with van der Waals surface area (Å²) in [5.74, 6) is -0.453. The highest BCUT2D eigenvalue weighted by Gasteiger charge is 2.15. The minimum atomic E-state index is -1.06. The van der Waals surface area contributed by atoms with E-state index >= 15 is 0 Å². The van der Waals surface area contributed by atoms with Crippen LogP contribution in [0.2, 0.25) is 0 Å². The second-order valence-electron chi connectivity index (χ2n) is 5.11. The zero-order chi connectivity index (χ0) is 15.4. The zero-order valence-electron chi connectivity index (χ0n) is 12.3. The minimum absolute atomic E-state index is 0.000379. The Morgan fingerprint density at radius 3 is 2.76 bits per heavy atom. The number of nitrogens with one attached hydrogen (secondary N) is 1. The van der Waals surface area contributed by atoms with Gasteiger partial charge in [0.2, 0.25) is 0 Å². The van der Waals surface area contributed by atoms with E-state index in [4.69, 9.17) is 0 Å². The van der Waals surface area contributed by atoms with Crippen molar-refractivity contribution in [1.29, 1.82) is 0 Å². The molecule has 0 atom stereocenters.